The number of furan rings is 1. The number of hydrazone groups is 1. The fourth-order valence-corrected chi connectivity index (χ4v) is 2.75. The minimum absolute atomic E-state index is 0.177. The largest absolute Gasteiger partial charge is 0.484 e. The molecule has 136 valence electrons. The quantitative estimate of drug-likeness (QED) is 0.534. The molecule has 1 amide bonds. The van der Waals surface area contributed by atoms with Crippen LogP contribution in [-0.2, 0) is 11.2 Å². The summed E-state index contributed by atoms with van der Waals surface area (Å²) in [5.74, 6) is 0.801. The Morgan fingerprint density at radius 2 is 1.96 bits per heavy atom. The van der Waals surface area contributed by atoms with Crippen molar-refractivity contribution in [1.29, 1.82) is 5.26 Å². The molecule has 0 atom stereocenters. The van der Waals surface area contributed by atoms with E-state index in [9.17, 15) is 4.79 Å². The van der Waals surface area contributed by atoms with Crippen LogP contribution in [0.5, 0.6) is 5.75 Å². The van der Waals surface area contributed by atoms with Gasteiger partial charge in [0.1, 0.15) is 17.0 Å². The van der Waals surface area contributed by atoms with E-state index in [0.717, 1.165) is 23.0 Å². The van der Waals surface area contributed by atoms with Crippen LogP contribution in [0, 0.1) is 11.3 Å². The second-order valence-corrected chi connectivity index (χ2v) is 5.92. The Morgan fingerprint density at radius 3 is 2.67 bits per heavy atom. The van der Waals surface area contributed by atoms with Crippen LogP contribution in [0.3, 0.4) is 0 Å². The lowest BCUT2D eigenvalue weighted by Gasteiger charge is -2.05. The molecule has 0 aliphatic heterocycles. The third-order valence-corrected chi connectivity index (χ3v) is 4.08. The van der Waals surface area contributed by atoms with Gasteiger partial charge < -0.3 is 9.15 Å². The van der Waals surface area contributed by atoms with E-state index in [4.69, 9.17) is 14.4 Å². The number of carbonyl (C=O) groups excluding carboxylic acids is 1. The highest BCUT2D eigenvalue weighted by Gasteiger charge is 2.15. The van der Waals surface area contributed by atoms with Crippen molar-refractivity contribution in [2.24, 2.45) is 5.10 Å². The van der Waals surface area contributed by atoms with Gasteiger partial charge in [-0.3, -0.25) is 4.79 Å². The third-order valence-electron chi connectivity index (χ3n) is 4.08. The van der Waals surface area contributed by atoms with Crippen molar-refractivity contribution < 1.29 is 13.9 Å². The summed E-state index contributed by atoms with van der Waals surface area (Å²) in [7, 11) is 0. The van der Waals surface area contributed by atoms with Gasteiger partial charge in [0.05, 0.1) is 11.6 Å². The molecule has 6 heteroatoms. The van der Waals surface area contributed by atoms with Gasteiger partial charge in [-0.2, -0.15) is 10.4 Å². The highest BCUT2D eigenvalue weighted by atomic mass is 16.5. The third kappa shape index (κ3) is 4.15. The molecule has 0 saturated heterocycles. The molecule has 6 nitrogen and oxygen atoms in total. The zero-order valence-electron chi connectivity index (χ0n) is 15.2. The Hall–Kier alpha value is -3.59. The number of nitrogens with zero attached hydrogens (tertiary/aromatic N) is 2. The van der Waals surface area contributed by atoms with Crippen LogP contribution < -0.4 is 10.2 Å². The van der Waals surface area contributed by atoms with Crippen molar-refractivity contribution in [2.45, 2.75) is 20.3 Å². The van der Waals surface area contributed by atoms with E-state index in [2.05, 4.69) is 17.5 Å². The van der Waals surface area contributed by atoms with E-state index < -0.39 is 0 Å². The summed E-state index contributed by atoms with van der Waals surface area (Å²) in [6.07, 6.45) is 0.801. The molecule has 0 spiro atoms. The predicted molar refractivity (Wildman–Crippen MR) is 103 cm³/mol. The number of benzene rings is 2. The Balaban J connectivity index is 1.64. The monoisotopic (exact) mass is 361 g/mol. The number of amides is 1. The Kier molecular flexibility index (Phi) is 5.53. The fraction of sp³-hybridized carbons (Fsp3) is 0.190. The van der Waals surface area contributed by atoms with E-state index in [1.54, 1.807) is 31.2 Å². The second-order valence-electron chi connectivity index (χ2n) is 5.92. The standard InChI is InChI=1S/C21H19N3O3/c1-3-17-18-6-4-5-7-19(18)27-21(17)14(2)23-24-20(25)13-26-16-10-8-15(12-22)9-11-16/h4-11H,3,13H2,1-2H3,(H,24,25)/b23-14-. The number of rotatable bonds is 6. The number of para-hydroxylation sites is 1. The van der Waals surface area contributed by atoms with Gasteiger partial charge in [-0.25, -0.2) is 5.43 Å². The van der Waals surface area contributed by atoms with Gasteiger partial charge in [0.25, 0.3) is 5.91 Å². The number of fused-ring (bicyclic) bond motifs is 1. The minimum Gasteiger partial charge on any atom is -0.484 e. The Bertz CT molecular complexity index is 1030. The average molecular weight is 361 g/mol. The van der Waals surface area contributed by atoms with Crippen molar-refractivity contribution in [3.8, 4) is 11.8 Å². The number of aryl methyl sites for hydroxylation is 1. The summed E-state index contributed by atoms with van der Waals surface area (Å²) in [5.41, 5.74) is 5.47. The molecule has 0 fully saturated rings. The molecule has 1 heterocycles. The van der Waals surface area contributed by atoms with Crippen molar-refractivity contribution in [3.05, 3.63) is 65.4 Å². The molecule has 0 unspecified atom stereocenters. The van der Waals surface area contributed by atoms with Crippen LogP contribution >= 0.6 is 0 Å². The van der Waals surface area contributed by atoms with Crippen LogP contribution in [0.4, 0.5) is 0 Å². The number of hydrogen-bond donors (Lipinski definition) is 1. The molecule has 1 N–H and O–H groups in total. The fourth-order valence-electron chi connectivity index (χ4n) is 2.75. The SMILES string of the molecule is CCc1c(/C(C)=N\NC(=O)COc2ccc(C#N)cc2)oc2ccccc12. The second kappa shape index (κ2) is 8.19. The molecular formula is C21H19N3O3. The van der Waals surface area contributed by atoms with Crippen LogP contribution in [-0.4, -0.2) is 18.2 Å². The maximum Gasteiger partial charge on any atom is 0.277 e. The van der Waals surface area contributed by atoms with Crippen LogP contribution in [0.25, 0.3) is 11.0 Å². The number of nitrogens with one attached hydrogen (secondary N) is 1. The molecule has 27 heavy (non-hydrogen) atoms. The van der Waals surface area contributed by atoms with Gasteiger partial charge >= 0.3 is 0 Å². The summed E-state index contributed by atoms with van der Waals surface area (Å²) >= 11 is 0. The molecule has 2 aromatic carbocycles. The summed E-state index contributed by atoms with van der Waals surface area (Å²) in [5, 5.41) is 14.0. The number of ether oxygens (including phenoxy) is 1. The highest BCUT2D eigenvalue weighted by Crippen LogP contribution is 2.26. The van der Waals surface area contributed by atoms with E-state index in [1.165, 1.54) is 0 Å². The number of carbonyl (C=O) groups is 1. The van der Waals surface area contributed by atoms with E-state index >= 15 is 0 Å². The van der Waals surface area contributed by atoms with E-state index in [-0.39, 0.29) is 12.5 Å². The van der Waals surface area contributed by atoms with Crippen molar-refractivity contribution in [3.63, 3.8) is 0 Å². The summed E-state index contributed by atoms with van der Waals surface area (Å²) in [4.78, 5) is 12.0. The molecule has 3 aromatic rings. The van der Waals surface area contributed by atoms with Gasteiger partial charge in [-0.05, 0) is 43.7 Å². The minimum atomic E-state index is -0.382. The normalized spacial score (nSPS) is 11.2. The molecule has 3 rings (SSSR count). The number of nitriles is 1. The lowest BCUT2D eigenvalue weighted by atomic mass is 10.1. The summed E-state index contributed by atoms with van der Waals surface area (Å²) in [6, 6.07) is 16.4. The van der Waals surface area contributed by atoms with Crippen molar-refractivity contribution in [1.82, 2.24) is 5.43 Å². The van der Waals surface area contributed by atoms with E-state index in [0.29, 0.717) is 22.8 Å². The topological polar surface area (TPSA) is 87.6 Å². The van der Waals surface area contributed by atoms with Crippen molar-refractivity contribution >= 4 is 22.6 Å². The maximum absolute atomic E-state index is 12.0. The molecule has 0 radical (unpaired) electrons. The van der Waals surface area contributed by atoms with Gasteiger partial charge in [0.2, 0.25) is 0 Å². The first kappa shape index (κ1) is 18.2. The Labute approximate surface area is 157 Å². The van der Waals surface area contributed by atoms with Crippen LogP contribution in [0.15, 0.2) is 58.0 Å². The zero-order chi connectivity index (χ0) is 19.2. The number of hydrogen-bond acceptors (Lipinski definition) is 5. The first-order chi connectivity index (χ1) is 13.1. The molecule has 0 saturated carbocycles. The molecular weight excluding hydrogens is 342 g/mol. The smallest absolute Gasteiger partial charge is 0.277 e. The first-order valence-electron chi connectivity index (χ1n) is 8.59. The molecule has 0 aliphatic carbocycles. The summed E-state index contributed by atoms with van der Waals surface area (Å²) in [6.45, 7) is 3.67. The maximum atomic E-state index is 12.0. The first-order valence-corrected chi connectivity index (χ1v) is 8.59. The van der Waals surface area contributed by atoms with Crippen LogP contribution in [0.2, 0.25) is 0 Å². The van der Waals surface area contributed by atoms with Gasteiger partial charge in [0, 0.05) is 10.9 Å². The lowest BCUT2D eigenvalue weighted by Crippen LogP contribution is -2.25. The lowest BCUT2D eigenvalue weighted by molar-refractivity contribution is -0.123. The highest BCUT2D eigenvalue weighted by molar-refractivity contribution is 6.02. The molecule has 1 aromatic heterocycles. The van der Waals surface area contributed by atoms with Gasteiger partial charge in [-0.1, -0.05) is 25.1 Å². The Morgan fingerprint density at radius 1 is 1.22 bits per heavy atom. The van der Waals surface area contributed by atoms with Crippen molar-refractivity contribution in [2.75, 3.05) is 6.61 Å². The van der Waals surface area contributed by atoms with Crippen LogP contribution in [0.1, 0.15) is 30.7 Å². The predicted octanol–water partition coefficient (Wildman–Crippen LogP) is 3.79. The van der Waals surface area contributed by atoms with Gasteiger partial charge in [-0.15, -0.1) is 0 Å². The molecule has 0 bridgehead atoms. The van der Waals surface area contributed by atoms with Gasteiger partial charge in [0.15, 0.2) is 12.4 Å². The zero-order valence-corrected chi connectivity index (χ0v) is 15.2. The average Bonchev–Trinajstić information content (AvgIpc) is 3.09. The molecule has 0 aliphatic rings. The van der Waals surface area contributed by atoms with E-state index in [1.807, 2.05) is 30.3 Å². The summed E-state index contributed by atoms with van der Waals surface area (Å²) < 4.78 is 11.3.